The van der Waals surface area contributed by atoms with Gasteiger partial charge in [-0.25, -0.2) is 14.4 Å². The second-order valence-corrected chi connectivity index (χ2v) is 8.39. The summed E-state index contributed by atoms with van der Waals surface area (Å²) in [7, 11) is 0. The lowest BCUT2D eigenvalue weighted by molar-refractivity contribution is -0.115. The molecule has 0 N–H and O–H groups in total. The van der Waals surface area contributed by atoms with E-state index in [0.29, 0.717) is 32.1 Å². The van der Waals surface area contributed by atoms with Crippen LogP contribution in [-0.2, 0) is 11.4 Å². The van der Waals surface area contributed by atoms with Crippen LogP contribution in [0.4, 0.5) is 15.2 Å². The highest BCUT2D eigenvalue weighted by Gasteiger charge is 2.21. The predicted molar refractivity (Wildman–Crippen MR) is 122 cm³/mol. The number of aryl methyl sites for hydroxylation is 1. The number of carbonyl (C=O) groups is 1. The zero-order chi connectivity index (χ0) is 22.1. The Morgan fingerprint density at radius 2 is 1.94 bits per heavy atom. The average Bonchev–Trinajstić information content (AvgIpc) is 3.17. The van der Waals surface area contributed by atoms with Crippen molar-refractivity contribution in [3.63, 3.8) is 0 Å². The first-order chi connectivity index (χ1) is 14.8. The standard InChI is InChI=1S/C22H16Cl2FN3O2S/c1-12-7-8-15-16(23)9-17(24)21(20(15)26-12)30-10-14-11-31-22(27-14)28(13(2)29)19-6-4-3-5-18(19)25/h3-9,11H,10H2,1-2H3. The van der Waals surface area contributed by atoms with Gasteiger partial charge in [-0.1, -0.05) is 35.3 Å². The van der Waals surface area contributed by atoms with Crippen molar-refractivity contribution in [2.45, 2.75) is 20.5 Å². The number of para-hydroxylation sites is 1. The summed E-state index contributed by atoms with van der Waals surface area (Å²) in [4.78, 5) is 22.4. The van der Waals surface area contributed by atoms with Crippen LogP contribution in [0.1, 0.15) is 18.3 Å². The summed E-state index contributed by atoms with van der Waals surface area (Å²) in [5.41, 5.74) is 2.07. The molecule has 0 unspecified atom stereocenters. The van der Waals surface area contributed by atoms with Gasteiger partial charge in [-0.15, -0.1) is 11.3 Å². The summed E-state index contributed by atoms with van der Waals surface area (Å²) in [6.45, 7) is 3.31. The third-order valence-electron chi connectivity index (χ3n) is 4.48. The fourth-order valence-corrected chi connectivity index (χ4v) is 4.51. The number of nitrogens with zero attached hydrogens (tertiary/aromatic N) is 3. The molecule has 2 heterocycles. The van der Waals surface area contributed by atoms with E-state index in [0.717, 1.165) is 11.1 Å². The van der Waals surface area contributed by atoms with E-state index < -0.39 is 5.82 Å². The summed E-state index contributed by atoms with van der Waals surface area (Å²) in [5.74, 6) is -0.457. The fraction of sp³-hybridized carbons (Fsp3) is 0.136. The molecule has 5 nitrogen and oxygen atoms in total. The molecule has 0 saturated carbocycles. The molecule has 4 aromatic rings. The first kappa shape index (κ1) is 21.5. The molecule has 2 aromatic heterocycles. The quantitative estimate of drug-likeness (QED) is 0.321. The lowest BCUT2D eigenvalue weighted by atomic mass is 10.2. The van der Waals surface area contributed by atoms with E-state index in [4.69, 9.17) is 27.9 Å². The van der Waals surface area contributed by atoms with Gasteiger partial charge in [-0.2, -0.15) is 0 Å². The monoisotopic (exact) mass is 475 g/mol. The first-order valence-electron chi connectivity index (χ1n) is 9.23. The summed E-state index contributed by atoms with van der Waals surface area (Å²) in [6.07, 6.45) is 0. The Balaban J connectivity index is 1.63. The van der Waals surface area contributed by atoms with Crippen LogP contribution < -0.4 is 9.64 Å². The highest BCUT2D eigenvalue weighted by atomic mass is 35.5. The number of carbonyl (C=O) groups excluding carboxylic acids is 1. The zero-order valence-electron chi connectivity index (χ0n) is 16.5. The number of anilines is 2. The van der Waals surface area contributed by atoms with E-state index in [1.165, 1.54) is 35.3 Å². The molecule has 0 saturated heterocycles. The maximum absolute atomic E-state index is 14.2. The number of thiazole rings is 1. The minimum Gasteiger partial charge on any atom is -0.483 e. The smallest absolute Gasteiger partial charge is 0.230 e. The van der Waals surface area contributed by atoms with Gasteiger partial charge in [0.15, 0.2) is 10.9 Å². The number of halogens is 3. The van der Waals surface area contributed by atoms with Crippen molar-refractivity contribution in [2.24, 2.45) is 0 Å². The van der Waals surface area contributed by atoms with Crippen molar-refractivity contribution in [3.8, 4) is 5.75 Å². The van der Waals surface area contributed by atoms with Gasteiger partial charge in [0, 0.05) is 23.4 Å². The van der Waals surface area contributed by atoms with E-state index in [9.17, 15) is 9.18 Å². The Morgan fingerprint density at radius 3 is 2.68 bits per heavy atom. The Labute approximate surface area is 192 Å². The highest BCUT2D eigenvalue weighted by molar-refractivity contribution is 7.14. The van der Waals surface area contributed by atoms with E-state index >= 15 is 0 Å². The molecular weight excluding hydrogens is 460 g/mol. The summed E-state index contributed by atoms with van der Waals surface area (Å²) >= 11 is 13.9. The molecule has 2 aromatic carbocycles. The van der Waals surface area contributed by atoms with Gasteiger partial charge >= 0.3 is 0 Å². The minimum atomic E-state index is -0.508. The minimum absolute atomic E-state index is 0.0889. The number of ether oxygens (including phenoxy) is 1. The molecule has 4 rings (SSSR count). The molecule has 0 aliphatic heterocycles. The van der Waals surface area contributed by atoms with Crippen molar-refractivity contribution in [1.29, 1.82) is 0 Å². The van der Waals surface area contributed by atoms with Crippen molar-refractivity contribution in [2.75, 3.05) is 4.90 Å². The topological polar surface area (TPSA) is 55.3 Å². The molecule has 0 atom stereocenters. The fourth-order valence-electron chi connectivity index (χ4n) is 3.08. The van der Waals surface area contributed by atoms with Gasteiger partial charge < -0.3 is 4.74 Å². The number of amides is 1. The zero-order valence-corrected chi connectivity index (χ0v) is 18.9. The van der Waals surface area contributed by atoms with Crippen molar-refractivity contribution in [3.05, 3.63) is 75.1 Å². The number of rotatable bonds is 5. The third-order valence-corrected chi connectivity index (χ3v) is 5.95. The number of pyridine rings is 1. The third kappa shape index (κ3) is 4.35. The van der Waals surface area contributed by atoms with E-state index in [1.54, 1.807) is 23.6 Å². The Kier molecular flexibility index (Phi) is 6.09. The second kappa shape index (κ2) is 8.78. The Hall–Kier alpha value is -2.74. The van der Waals surface area contributed by atoms with Crippen LogP contribution in [0.2, 0.25) is 10.0 Å². The number of aromatic nitrogens is 2. The van der Waals surface area contributed by atoms with Crippen LogP contribution in [0.3, 0.4) is 0 Å². The molecule has 1 amide bonds. The van der Waals surface area contributed by atoms with Crippen LogP contribution in [0.5, 0.6) is 5.75 Å². The number of hydrogen-bond acceptors (Lipinski definition) is 5. The number of benzene rings is 2. The Bertz CT molecular complexity index is 1300. The second-order valence-electron chi connectivity index (χ2n) is 6.73. The lowest BCUT2D eigenvalue weighted by Gasteiger charge is -2.18. The van der Waals surface area contributed by atoms with Crippen LogP contribution in [-0.4, -0.2) is 15.9 Å². The molecule has 0 aliphatic carbocycles. The average molecular weight is 476 g/mol. The molecule has 31 heavy (non-hydrogen) atoms. The molecule has 0 fully saturated rings. The first-order valence-corrected chi connectivity index (χ1v) is 10.9. The normalized spacial score (nSPS) is 11.0. The van der Waals surface area contributed by atoms with Gasteiger partial charge in [0.2, 0.25) is 5.91 Å². The summed E-state index contributed by atoms with van der Waals surface area (Å²) in [5, 5.41) is 3.64. The highest BCUT2D eigenvalue weighted by Crippen LogP contribution is 2.38. The summed E-state index contributed by atoms with van der Waals surface area (Å²) < 4.78 is 20.2. The van der Waals surface area contributed by atoms with Crippen molar-refractivity contribution in [1.82, 2.24) is 9.97 Å². The van der Waals surface area contributed by atoms with Crippen molar-refractivity contribution >= 4 is 62.2 Å². The maximum Gasteiger partial charge on any atom is 0.230 e. The van der Waals surface area contributed by atoms with Crippen LogP contribution in [0, 0.1) is 12.7 Å². The van der Waals surface area contributed by atoms with E-state index in [-0.39, 0.29) is 18.2 Å². The molecule has 0 bridgehead atoms. The molecule has 158 valence electrons. The van der Waals surface area contributed by atoms with Gasteiger partial charge in [0.25, 0.3) is 0 Å². The Morgan fingerprint density at radius 1 is 1.16 bits per heavy atom. The lowest BCUT2D eigenvalue weighted by Crippen LogP contribution is -2.23. The van der Waals surface area contributed by atoms with Crippen LogP contribution in [0.15, 0.2) is 47.8 Å². The van der Waals surface area contributed by atoms with Gasteiger partial charge in [-0.3, -0.25) is 9.69 Å². The van der Waals surface area contributed by atoms with Crippen molar-refractivity contribution < 1.29 is 13.9 Å². The predicted octanol–water partition coefficient (Wildman–Crippen LogP) is 6.71. The van der Waals surface area contributed by atoms with Gasteiger partial charge in [0.1, 0.15) is 17.9 Å². The number of fused-ring (bicyclic) bond motifs is 1. The molecule has 9 heteroatoms. The molecular formula is C22H16Cl2FN3O2S. The SMILES string of the molecule is CC(=O)N(c1nc(COc2c(Cl)cc(Cl)c3ccc(C)nc23)cs1)c1ccccc1F. The van der Waals surface area contributed by atoms with Gasteiger partial charge in [-0.05, 0) is 37.3 Å². The van der Waals surface area contributed by atoms with E-state index in [2.05, 4.69) is 9.97 Å². The maximum atomic E-state index is 14.2. The molecule has 0 aliphatic rings. The summed E-state index contributed by atoms with van der Waals surface area (Å²) in [6, 6.07) is 11.4. The molecule has 0 radical (unpaired) electrons. The largest absolute Gasteiger partial charge is 0.483 e. The number of hydrogen-bond donors (Lipinski definition) is 0. The van der Waals surface area contributed by atoms with Crippen LogP contribution in [0.25, 0.3) is 10.9 Å². The van der Waals surface area contributed by atoms with Gasteiger partial charge in [0.05, 0.1) is 21.4 Å². The van der Waals surface area contributed by atoms with E-state index in [1.807, 2.05) is 19.1 Å². The van der Waals surface area contributed by atoms with Crippen LogP contribution >= 0.6 is 34.5 Å². The molecule has 0 spiro atoms.